The topological polar surface area (TPSA) is 261 Å². The van der Waals surface area contributed by atoms with E-state index >= 15 is 0 Å². The molecule has 3 rings (SSSR count). The fraction of sp³-hybridized carbons (Fsp3) is 0.533. The van der Waals surface area contributed by atoms with Crippen LogP contribution in [0.1, 0.15) is 96.0 Å². The Kier molecular flexibility index (Phi) is 20.2. The Labute approximate surface area is 368 Å². The minimum Gasteiger partial charge on any atom is -0.480 e. The molecule has 18 nitrogen and oxygen atoms in total. The minimum absolute atomic E-state index is 0.0350. The lowest BCUT2D eigenvalue weighted by Gasteiger charge is -2.33. The van der Waals surface area contributed by atoms with E-state index in [0.29, 0.717) is 24.8 Å². The van der Waals surface area contributed by atoms with E-state index in [1.54, 1.807) is 70.2 Å². The van der Waals surface area contributed by atoms with Crippen LogP contribution in [-0.2, 0) is 40.0 Å². The predicted molar refractivity (Wildman–Crippen MR) is 235 cm³/mol. The van der Waals surface area contributed by atoms with E-state index < -0.39 is 102 Å². The van der Waals surface area contributed by atoms with Gasteiger partial charge in [-0.05, 0) is 61.1 Å². The zero-order valence-corrected chi connectivity index (χ0v) is 37.2. The Balaban J connectivity index is 2.10. The van der Waals surface area contributed by atoms with Crippen LogP contribution in [0.2, 0.25) is 0 Å². The van der Waals surface area contributed by atoms with Crippen LogP contribution in [0.25, 0.3) is 0 Å². The first-order valence-corrected chi connectivity index (χ1v) is 21.5. The van der Waals surface area contributed by atoms with Crippen molar-refractivity contribution in [2.45, 2.75) is 123 Å². The number of carbonyl (C=O) groups is 9. The minimum atomic E-state index is -1.51. The van der Waals surface area contributed by atoms with Crippen LogP contribution in [0.15, 0.2) is 54.6 Å². The van der Waals surface area contributed by atoms with Gasteiger partial charge >= 0.3 is 12.0 Å². The van der Waals surface area contributed by atoms with Crippen LogP contribution in [0.3, 0.4) is 0 Å². The van der Waals surface area contributed by atoms with E-state index in [-0.39, 0.29) is 49.4 Å². The zero-order valence-electron chi connectivity index (χ0n) is 37.2. The molecule has 0 radical (unpaired) electrons. The molecule has 0 unspecified atom stereocenters. The highest BCUT2D eigenvalue weighted by atomic mass is 16.4. The lowest BCUT2D eigenvalue weighted by molar-refractivity contribution is -0.143. The van der Waals surface area contributed by atoms with E-state index in [0.717, 1.165) is 4.90 Å². The first-order chi connectivity index (χ1) is 29.9. The molecule has 0 aromatic heterocycles. The van der Waals surface area contributed by atoms with Gasteiger partial charge < -0.3 is 47.2 Å². The second kappa shape index (κ2) is 24.9. The van der Waals surface area contributed by atoms with Gasteiger partial charge in [0.15, 0.2) is 5.78 Å². The highest BCUT2D eigenvalue weighted by molar-refractivity contribution is 6.06. The van der Waals surface area contributed by atoms with E-state index in [4.69, 9.17) is 0 Å². The van der Waals surface area contributed by atoms with Crippen LogP contribution in [0.5, 0.6) is 0 Å². The van der Waals surface area contributed by atoms with Crippen molar-refractivity contribution in [2.75, 3.05) is 18.9 Å². The molecule has 0 saturated carbocycles. The number of nitrogens with one attached hydrogen (secondary N) is 7. The molecule has 8 N–H and O–H groups in total. The van der Waals surface area contributed by atoms with Crippen molar-refractivity contribution in [2.24, 2.45) is 17.8 Å². The maximum atomic E-state index is 14.6. The van der Waals surface area contributed by atoms with Crippen LogP contribution in [0, 0.1) is 17.8 Å². The van der Waals surface area contributed by atoms with E-state index in [2.05, 4.69) is 37.2 Å². The molecular formula is C45H64N8O10. The van der Waals surface area contributed by atoms with Gasteiger partial charge in [0, 0.05) is 32.0 Å². The normalized spacial score (nSPS) is 21.9. The Morgan fingerprint density at radius 3 is 2.11 bits per heavy atom. The Bertz CT molecular complexity index is 1930. The number of hydrogen-bond donors (Lipinski definition) is 8. The monoisotopic (exact) mass is 876 g/mol. The number of hydrogen-bond acceptors (Lipinski definition) is 9. The molecule has 63 heavy (non-hydrogen) atoms. The quantitative estimate of drug-likeness (QED) is 0.0958. The number of ketones is 1. The Hall–Kier alpha value is -6.33. The highest BCUT2D eigenvalue weighted by Crippen LogP contribution is 2.21. The molecule has 8 amide bonds. The highest BCUT2D eigenvalue weighted by Gasteiger charge is 2.38. The first-order valence-electron chi connectivity index (χ1n) is 21.5. The first kappa shape index (κ1) is 51.0. The molecule has 2 aromatic carbocycles. The fourth-order valence-electron chi connectivity index (χ4n) is 7.18. The number of rotatable bonds is 15. The van der Waals surface area contributed by atoms with Crippen LogP contribution >= 0.6 is 0 Å². The van der Waals surface area contributed by atoms with Gasteiger partial charge in [0.25, 0.3) is 0 Å². The van der Waals surface area contributed by atoms with Crippen molar-refractivity contribution < 1.29 is 48.3 Å². The molecule has 0 spiro atoms. The number of carboxylic acids is 1. The van der Waals surface area contributed by atoms with E-state index in [9.17, 15) is 48.3 Å². The van der Waals surface area contributed by atoms with Gasteiger partial charge in [-0.2, -0.15) is 0 Å². The average molecular weight is 877 g/mol. The van der Waals surface area contributed by atoms with Crippen molar-refractivity contribution in [3.05, 3.63) is 65.7 Å². The third-order valence-corrected chi connectivity index (χ3v) is 11.0. The number of amides is 8. The third-order valence-electron chi connectivity index (χ3n) is 11.0. The van der Waals surface area contributed by atoms with Crippen LogP contribution < -0.4 is 37.2 Å². The van der Waals surface area contributed by atoms with E-state index in [1.807, 2.05) is 13.8 Å². The zero-order chi connectivity index (χ0) is 46.8. The molecule has 1 fully saturated rings. The fourth-order valence-corrected chi connectivity index (χ4v) is 7.18. The lowest BCUT2D eigenvalue weighted by Crippen LogP contribution is -2.61. The van der Waals surface area contributed by atoms with Crippen molar-refractivity contribution in [1.82, 2.24) is 36.8 Å². The number of anilines is 1. The summed E-state index contributed by atoms with van der Waals surface area (Å²) in [6.07, 6.45) is 1.05. The summed E-state index contributed by atoms with van der Waals surface area (Å²) in [5.41, 5.74) is 0.973. The number of carboxylic acid groups (broad SMARTS) is 1. The summed E-state index contributed by atoms with van der Waals surface area (Å²) in [6.45, 7) is 10.6. The smallest absolute Gasteiger partial charge is 0.326 e. The molecule has 1 aliphatic heterocycles. The molecule has 18 heteroatoms. The summed E-state index contributed by atoms with van der Waals surface area (Å²) in [5, 5.41) is 28.3. The molecule has 1 aliphatic rings. The van der Waals surface area contributed by atoms with Gasteiger partial charge in [-0.1, -0.05) is 90.4 Å². The van der Waals surface area contributed by atoms with Gasteiger partial charge in [-0.15, -0.1) is 0 Å². The van der Waals surface area contributed by atoms with Crippen LogP contribution in [0.4, 0.5) is 10.5 Å². The predicted octanol–water partition coefficient (Wildman–Crippen LogP) is 2.52. The maximum absolute atomic E-state index is 14.6. The molecule has 7 atom stereocenters. The van der Waals surface area contributed by atoms with Crippen molar-refractivity contribution in [1.29, 1.82) is 0 Å². The summed E-state index contributed by atoms with van der Waals surface area (Å²) in [4.78, 5) is 123. The Morgan fingerprint density at radius 2 is 1.49 bits per heavy atom. The molecule has 0 bridgehead atoms. The second-order valence-electron chi connectivity index (χ2n) is 16.7. The number of benzene rings is 2. The van der Waals surface area contributed by atoms with Gasteiger partial charge in [0.2, 0.25) is 35.9 Å². The molecule has 0 aliphatic carbocycles. The number of nitrogens with zero attached hydrogens (tertiary/aromatic N) is 1. The van der Waals surface area contributed by atoms with Crippen LogP contribution in [-0.4, -0.2) is 114 Å². The Morgan fingerprint density at radius 1 is 0.841 bits per heavy atom. The summed E-state index contributed by atoms with van der Waals surface area (Å²) < 4.78 is 0. The van der Waals surface area contributed by atoms with Gasteiger partial charge in [0.05, 0.1) is 5.69 Å². The lowest BCUT2D eigenvalue weighted by atomic mass is 9.97. The summed E-state index contributed by atoms with van der Waals surface area (Å²) in [7, 11) is 1.32. The van der Waals surface area contributed by atoms with Gasteiger partial charge in [-0.25, -0.2) is 9.59 Å². The van der Waals surface area contributed by atoms with Gasteiger partial charge in [-0.3, -0.25) is 33.6 Å². The number of Topliss-reactive ketones (excluding diaryl/α,β-unsaturated/α-hetero) is 1. The molecule has 344 valence electrons. The number of aliphatic carboxylic acids is 1. The second-order valence-corrected chi connectivity index (χ2v) is 16.7. The SMILES string of the molecule is CC[C@@H](C)[C@@H](NC(=O)N[C@H]1CCCCNC(=O)[C@H](Cc2ccccc2)NC(=O)[C@@H](CC(=O)c2ccccc2NC=O)N(C)C(=O)[C@H](CC(C)C)NC(=O)[C@H](C(C)C)NC1=O)C(=O)O. The number of para-hydroxylation sites is 1. The summed E-state index contributed by atoms with van der Waals surface area (Å²) in [6, 6.07) is 6.55. The molecular weight excluding hydrogens is 813 g/mol. The van der Waals surface area contributed by atoms with Crippen molar-refractivity contribution >= 4 is 59.4 Å². The maximum Gasteiger partial charge on any atom is 0.326 e. The standard InChI is InChI=1S/C45H64N8O10/c1-8-28(6)38(44(61)62)52-45(63)50-32-20-14-15-21-46-39(56)33(23-29-16-10-9-11-17-29)48-41(58)35(24-36(55)30-18-12-13-19-31(30)47-25-54)53(7)43(60)34(22-26(2)3)49-42(59)37(27(4)5)51-40(32)57/h9-13,16-19,25-28,32-35,37-38H,8,14-15,20-24H2,1-7H3,(H,46,56)(H,47,54)(H,48,58)(H,49,59)(H,51,57)(H,61,62)(H2,50,52,63)/t28-,32+,33+,34+,35-,37+,38-/m1/s1. The average Bonchev–Trinajstić information content (AvgIpc) is 3.24. The summed E-state index contributed by atoms with van der Waals surface area (Å²) >= 11 is 0. The number of carbonyl (C=O) groups excluding carboxylic acids is 8. The summed E-state index contributed by atoms with van der Waals surface area (Å²) in [5.74, 6) is -6.54. The molecule has 1 heterocycles. The van der Waals surface area contributed by atoms with Gasteiger partial charge in [0.1, 0.15) is 36.3 Å². The molecule has 1 saturated heterocycles. The number of urea groups is 1. The van der Waals surface area contributed by atoms with Crippen molar-refractivity contribution in [3.8, 4) is 0 Å². The largest absolute Gasteiger partial charge is 0.480 e. The molecule has 2 aromatic rings. The van der Waals surface area contributed by atoms with E-state index in [1.165, 1.54) is 19.2 Å². The van der Waals surface area contributed by atoms with Crippen molar-refractivity contribution in [3.63, 3.8) is 0 Å². The number of likely N-dealkylation sites (N-methyl/N-ethyl adjacent to an activating group) is 1. The third kappa shape index (κ3) is 15.5.